The van der Waals surface area contributed by atoms with E-state index in [2.05, 4.69) is 20.9 Å². The number of methoxy groups -OCH3 is 2. The largest absolute Gasteiger partial charge is 0.494 e. The molecule has 13 heteroatoms. The lowest BCUT2D eigenvalue weighted by atomic mass is 9.99. The monoisotopic (exact) mass is 663 g/mol. The quantitative estimate of drug-likeness (QED) is 0.0908. The standard InChI is InChI=1S/C34H38FN5O6S/c1-6-46-23-9-11-27(35)25(17-23)31(38-21-7-10-24-20(15-21)13-14-37-32(24)36)33(42)40-28(18-30(41)44-4)26-16-22(39-34(43)45-5)8-12-29(26)47-19(2)3/h7-17,19,28,31,38H,6,18H2,1-5H3,(H2,36,37)(H,39,43)(H,40,42)/t28-,31?/m1/s1. The van der Waals surface area contributed by atoms with Gasteiger partial charge in [0, 0.05) is 38.7 Å². The molecule has 4 aromatic rings. The predicted molar refractivity (Wildman–Crippen MR) is 181 cm³/mol. The van der Waals surface area contributed by atoms with Gasteiger partial charge in [0.1, 0.15) is 23.4 Å². The summed E-state index contributed by atoms with van der Waals surface area (Å²) in [5.74, 6) is -1.13. The first-order valence-electron chi connectivity index (χ1n) is 14.9. The van der Waals surface area contributed by atoms with E-state index in [1.54, 1.807) is 55.6 Å². The number of ether oxygens (including phenoxy) is 3. The molecule has 1 aromatic heterocycles. The minimum Gasteiger partial charge on any atom is -0.494 e. The van der Waals surface area contributed by atoms with Crippen molar-refractivity contribution < 1.29 is 33.0 Å². The fourth-order valence-electron chi connectivity index (χ4n) is 4.91. The van der Waals surface area contributed by atoms with Crippen molar-refractivity contribution in [2.45, 2.75) is 49.4 Å². The Morgan fingerprint density at radius 1 is 0.957 bits per heavy atom. The van der Waals surface area contributed by atoms with Gasteiger partial charge in [0.25, 0.3) is 0 Å². The molecule has 0 aliphatic carbocycles. The molecule has 11 nitrogen and oxygen atoms in total. The Kier molecular flexibility index (Phi) is 11.8. The SMILES string of the molecule is CCOc1ccc(F)c(C(Nc2ccc3c(N)nccc3c2)C(=O)N[C@H](CC(=O)OC)c2cc(NC(=O)OC)ccc2SC(C)C)c1. The maximum Gasteiger partial charge on any atom is 0.411 e. The number of carbonyl (C=O) groups excluding carboxylic acids is 3. The first kappa shape index (κ1) is 34.8. The zero-order chi connectivity index (χ0) is 34.1. The van der Waals surface area contributed by atoms with Crippen LogP contribution < -0.4 is 26.4 Å². The molecule has 4 rings (SSSR count). The summed E-state index contributed by atoms with van der Waals surface area (Å²) in [6.45, 7) is 6.14. The third-order valence-corrected chi connectivity index (χ3v) is 8.15. The van der Waals surface area contributed by atoms with E-state index in [0.717, 1.165) is 15.7 Å². The molecule has 0 aliphatic rings. The van der Waals surface area contributed by atoms with Crippen LogP contribution in [0.3, 0.4) is 0 Å². The summed E-state index contributed by atoms with van der Waals surface area (Å²) in [6, 6.07) is 14.2. The second-order valence-electron chi connectivity index (χ2n) is 10.7. The Hall–Kier alpha value is -5.04. The van der Waals surface area contributed by atoms with Gasteiger partial charge >= 0.3 is 12.1 Å². The van der Waals surface area contributed by atoms with Gasteiger partial charge in [0.15, 0.2) is 0 Å². The van der Waals surface area contributed by atoms with Gasteiger partial charge in [-0.1, -0.05) is 13.8 Å². The van der Waals surface area contributed by atoms with Crippen molar-refractivity contribution in [2.75, 3.05) is 37.2 Å². The molecule has 0 bridgehead atoms. The van der Waals surface area contributed by atoms with Crippen molar-refractivity contribution in [3.05, 3.63) is 83.8 Å². The van der Waals surface area contributed by atoms with Crippen LogP contribution in [0.25, 0.3) is 10.8 Å². The number of hydrogen-bond donors (Lipinski definition) is 4. The van der Waals surface area contributed by atoms with Gasteiger partial charge in [0.2, 0.25) is 5.91 Å². The molecule has 248 valence electrons. The Morgan fingerprint density at radius 3 is 2.43 bits per heavy atom. The molecule has 2 amide bonds. The number of pyridine rings is 1. The number of benzene rings is 3. The summed E-state index contributed by atoms with van der Waals surface area (Å²) in [5, 5.41) is 10.4. The lowest BCUT2D eigenvalue weighted by Gasteiger charge is -2.27. The number of esters is 1. The van der Waals surface area contributed by atoms with E-state index in [1.807, 2.05) is 13.8 Å². The zero-order valence-electron chi connectivity index (χ0n) is 26.8. The number of nitrogens with zero attached hydrogens (tertiary/aromatic N) is 1. The number of halogens is 1. The Balaban J connectivity index is 1.80. The first-order valence-corrected chi connectivity index (χ1v) is 15.8. The Morgan fingerprint density at radius 2 is 1.72 bits per heavy atom. The summed E-state index contributed by atoms with van der Waals surface area (Å²) in [5.41, 5.74) is 7.50. The minimum absolute atomic E-state index is 0.0255. The Bertz CT molecular complexity index is 1750. The number of amides is 2. The second-order valence-corrected chi connectivity index (χ2v) is 12.3. The molecule has 2 atom stereocenters. The number of thioether (sulfide) groups is 1. The van der Waals surface area contributed by atoms with E-state index in [9.17, 15) is 14.4 Å². The van der Waals surface area contributed by atoms with Crippen LogP contribution in [0.5, 0.6) is 5.75 Å². The van der Waals surface area contributed by atoms with Gasteiger partial charge in [-0.3, -0.25) is 14.9 Å². The van der Waals surface area contributed by atoms with Gasteiger partial charge in [-0.05, 0) is 78.5 Å². The second kappa shape index (κ2) is 16.0. The Labute approximate surface area is 276 Å². The molecule has 5 N–H and O–H groups in total. The molecule has 0 fully saturated rings. The van der Waals surface area contributed by atoms with Crippen molar-refractivity contribution in [2.24, 2.45) is 0 Å². The summed E-state index contributed by atoms with van der Waals surface area (Å²) in [6.07, 6.45) is 0.645. The number of fused-ring (bicyclic) bond motifs is 1. The maximum absolute atomic E-state index is 15.5. The van der Waals surface area contributed by atoms with Gasteiger partial charge in [-0.15, -0.1) is 11.8 Å². The molecular formula is C34H38FN5O6S. The van der Waals surface area contributed by atoms with Crippen LogP contribution in [0, 0.1) is 5.82 Å². The van der Waals surface area contributed by atoms with Crippen molar-refractivity contribution in [1.82, 2.24) is 10.3 Å². The van der Waals surface area contributed by atoms with E-state index in [0.29, 0.717) is 35.1 Å². The summed E-state index contributed by atoms with van der Waals surface area (Å²) in [7, 11) is 2.49. The molecule has 1 unspecified atom stereocenters. The van der Waals surface area contributed by atoms with Crippen molar-refractivity contribution in [1.29, 1.82) is 0 Å². The highest BCUT2D eigenvalue weighted by Gasteiger charge is 2.30. The number of aromatic nitrogens is 1. The topological polar surface area (TPSA) is 154 Å². The molecule has 47 heavy (non-hydrogen) atoms. The molecule has 0 saturated carbocycles. The maximum atomic E-state index is 15.5. The summed E-state index contributed by atoms with van der Waals surface area (Å²) >= 11 is 1.51. The van der Waals surface area contributed by atoms with Crippen LogP contribution in [0.2, 0.25) is 0 Å². The van der Waals surface area contributed by atoms with Crippen LogP contribution in [0.4, 0.5) is 26.4 Å². The number of carbonyl (C=O) groups is 3. The average Bonchev–Trinajstić information content (AvgIpc) is 3.04. The zero-order valence-corrected chi connectivity index (χ0v) is 27.6. The average molecular weight is 664 g/mol. The first-order chi connectivity index (χ1) is 22.5. The van der Waals surface area contributed by atoms with E-state index < -0.39 is 35.9 Å². The number of nitrogens with two attached hydrogens (primary N) is 1. The highest BCUT2D eigenvalue weighted by molar-refractivity contribution is 8.00. The molecule has 0 spiro atoms. The number of rotatable bonds is 13. The van der Waals surface area contributed by atoms with Crippen molar-refractivity contribution in [3.63, 3.8) is 0 Å². The normalized spacial score (nSPS) is 12.2. The number of nitrogen functional groups attached to an aromatic ring is 1. The van der Waals surface area contributed by atoms with Crippen LogP contribution in [-0.2, 0) is 19.1 Å². The molecule has 0 radical (unpaired) electrons. The number of anilines is 3. The van der Waals surface area contributed by atoms with E-state index in [4.69, 9.17) is 19.9 Å². The molecule has 3 aromatic carbocycles. The number of nitrogens with one attached hydrogen (secondary N) is 3. The molecule has 0 aliphatic heterocycles. The van der Waals surface area contributed by atoms with Crippen LogP contribution in [-0.4, -0.2) is 49.0 Å². The van der Waals surface area contributed by atoms with Crippen LogP contribution in [0.1, 0.15) is 50.4 Å². The van der Waals surface area contributed by atoms with Gasteiger partial charge in [0.05, 0.1) is 33.3 Å². The van der Waals surface area contributed by atoms with Crippen molar-refractivity contribution >= 4 is 57.7 Å². The summed E-state index contributed by atoms with van der Waals surface area (Å²) < 4.78 is 30.9. The van der Waals surface area contributed by atoms with Crippen molar-refractivity contribution in [3.8, 4) is 5.75 Å². The summed E-state index contributed by atoms with van der Waals surface area (Å²) in [4.78, 5) is 43.9. The molecular weight excluding hydrogens is 625 g/mol. The molecule has 1 heterocycles. The highest BCUT2D eigenvalue weighted by atomic mass is 32.2. The lowest BCUT2D eigenvalue weighted by Crippen LogP contribution is -2.38. The van der Waals surface area contributed by atoms with Gasteiger partial charge < -0.3 is 30.6 Å². The number of hydrogen-bond acceptors (Lipinski definition) is 10. The third kappa shape index (κ3) is 9.03. The molecule has 0 saturated heterocycles. The lowest BCUT2D eigenvalue weighted by molar-refractivity contribution is -0.141. The third-order valence-electron chi connectivity index (χ3n) is 7.05. The highest BCUT2D eigenvalue weighted by Crippen LogP contribution is 2.36. The van der Waals surface area contributed by atoms with Crippen LogP contribution >= 0.6 is 11.8 Å². The smallest absolute Gasteiger partial charge is 0.411 e. The van der Waals surface area contributed by atoms with Crippen LogP contribution in [0.15, 0.2) is 71.8 Å². The van der Waals surface area contributed by atoms with E-state index in [-0.39, 0.29) is 17.2 Å². The fraction of sp³-hybridized carbons (Fsp3) is 0.294. The predicted octanol–water partition coefficient (Wildman–Crippen LogP) is 6.61. The minimum atomic E-state index is -1.27. The van der Waals surface area contributed by atoms with Gasteiger partial charge in [-0.2, -0.15) is 0 Å². The fourth-order valence-corrected chi connectivity index (χ4v) is 5.91. The van der Waals surface area contributed by atoms with E-state index >= 15 is 4.39 Å². The van der Waals surface area contributed by atoms with Gasteiger partial charge in [-0.25, -0.2) is 14.2 Å². The van der Waals surface area contributed by atoms with E-state index in [1.165, 1.54) is 44.2 Å².